The van der Waals surface area contributed by atoms with Gasteiger partial charge < -0.3 is 4.74 Å². The minimum absolute atomic E-state index is 0.0235. The fourth-order valence-corrected chi connectivity index (χ4v) is 2.45. The van der Waals surface area contributed by atoms with Crippen molar-refractivity contribution in [3.05, 3.63) is 19.1 Å². The maximum atomic E-state index is 11.3. The average molecular weight is 323 g/mol. The van der Waals surface area contributed by atoms with Crippen LogP contribution in [-0.2, 0) is 14.3 Å². The molecule has 3 nitrogen and oxygen atoms in total. The van der Waals surface area contributed by atoms with E-state index in [0.717, 1.165) is 32.1 Å². The molecule has 0 unspecified atom stereocenters. The lowest BCUT2D eigenvalue weighted by Gasteiger charge is -2.01. The van der Waals surface area contributed by atoms with Crippen molar-refractivity contribution in [3.63, 3.8) is 0 Å². The van der Waals surface area contributed by atoms with Crippen molar-refractivity contribution >= 4 is 11.8 Å². The lowest BCUT2D eigenvalue weighted by atomic mass is 10.1. The first kappa shape index (κ1) is 21.9. The van der Waals surface area contributed by atoms with E-state index in [-0.39, 0.29) is 6.61 Å². The first-order chi connectivity index (χ1) is 11.2. The van der Waals surface area contributed by atoms with E-state index < -0.39 is 11.8 Å². The second kappa shape index (κ2) is 17.2. The molecule has 0 spiro atoms. The maximum Gasteiger partial charge on any atom is 0.374 e. The fourth-order valence-electron chi connectivity index (χ4n) is 2.45. The molecule has 133 valence electrons. The lowest BCUT2D eigenvalue weighted by molar-refractivity contribution is -0.153. The van der Waals surface area contributed by atoms with Crippen molar-refractivity contribution in [2.75, 3.05) is 6.61 Å². The fraction of sp³-hybridized carbons (Fsp3) is 0.750. The van der Waals surface area contributed by atoms with Crippen LogP contribution in [0.4, 0.5) is 0 Å². The number of ketones is 1. The van der Waals surface area contributed by atoms with Gasteiger partial charge in [0.2, 0.25) is 5.78 Å². The van der Waals surface area contributed by atoms with Crippen molar-refractivity contribution in [1.29, 1.82) is 0 Å². The zero-order chi connectivity index (χ0) is 17.2. The van der Waals surface area contributed by atoms with Crippen LogP contribution >= 0.6 is 0 Å². The number of carbonyl (C=O) groups excluding carboxylic acids is 2. The van der Waals surface area contributed by atoms with Crippen LogP contribution in [0.25, 0.3) is 0 Å². The standard InChI is InChI=1S/C20H35O3/c1-3-5-6-7-8-9-10-11-12-13-14-15-16-17-18-19(21)20(22)23-4-2/h11-12H,2-10,13-18H2,1H3/b12-11-. The quantitative estimate of drug-likeness (QED) is 0.161. The van der Waals surface area contributed by atoms with Gasteiger partial charge in [-0.2, -0.15) is 0 Å². The van der Waals surface area contributed by atoms with Crippen molar-refractivity contribution in [1.82, 2.24) is 0 Å². The van der Waals surface area contributed by atoms with Crippen molar-refractivity contribution in [3.8, 4) is 0 Å². The number of esters is 1. The highest BCUT2D eigenvalue weighted by Gasteiger charge is 2.13. The van der Waals surface area contributed by atoms with Gasteiger partial charge in [0.05, 0.1) is 6.61 Å². The van der Waals surface area contributed by atoms with E-state index in [1.807, 2.05) is 0 Å². The van der Waals surface area contributed by atoms with Crippen LogP contribution in [0, 0.1) is 6.92 Å². The Morgan fingerprint density at radius 2 is 1.35 bits per heavy atom. The van der Waals surface area contributed by atoms with E-state index in [1.165, 1.54) is 44.9 Å². The molecule has 0 aliphatic carbocycles. The first-order valence-corrected chi connectivity index (χ1v) is 9.36. The van der Waals surface area contributed by atoms with Gasteiger partial charge in [0, 0.05) is 6.42 Å². The summed E-state index contributed by atoms with van der Waals surface area (Å²) in [5.74, 6) is -1.16. The zero-order valence-electron chi connectivity index (χ0n) is 15.0. The van der Waals surface area contributed by atoms with Gasteiger partial charge in [-0.1, -0.05) is 64.0 Å². The molecule has 0 heterocycles. The first-order valence-electron chi connectivity index (χ1n) is 9.36. The molecule has 0 rings (SSSR count). The van der Waals surface area contributed by atoms with Crippen LogP contribution in [0.15, 0.2) is 12.2 Å². The Balaban J connectivity index is 3.28. The minimum Gasteiger partial charge on any atom is -0.460 e. The molecule has 0 amide bonds. The van der Waals surface area contributed by atoms with Crippen molar-refractivity contribution in [2.24, 2.45) is 0 Å². The Morgan fingerprint density at radius 1 is 0.826 bits per heavy atom. The summed E-state index contributed by atoms with van der Waals surface area (Å²) in [5.41, 5.74) is 0. The van der Waals surface area contributed by atoms with E-state index in [9.17, 15) is 9.59 Å². The number of rotatable bonds is 16. The third-order valence-electron chi connectivity index (χ3n) is 3.88. The Labute approximate surface area is 142 Å². The van der Waals surface area contributed by atoms with Crippen molar-refractivity contribution < 1.29 is 14.3 Å². The number of hydrogen-bond donors (Lipinski definition) is 0. The molecule has 0 saturated carbocycles. The van der Waals surface area contributed by atoms with Gasteiger partial charge in [-0.3, -0.25) is 4.79 Å². The molecule has 0 N–H and O–H groups in total. The van der Waals surface area contributed by atoms with E-state index >= 15 is 0 Å². The average Bonchev–Trinajstić information content (AvgIpc) is 2.55. The molecule has 23 heavy (non-hydrogen) atoms. The molecular formula is C20H35O3. The molecular weight excluding hydrogens is 288 g/mol. The summed E-state index contributed by atoms with van der Waals surface area (Å²) in [4.78, 5) is 22.4. The highest BCUT2D eigenvalue weighted by atomic mass is 16.5. The second-order valence-corrected chi connectivity index (χ2v) is 6.04. The van der Waals surface area contributed by atoms with Crippen LogP contribution in [0.1, 0.15) is 90.4 Å². The molecule has 0 saturated heterocycles. The number of Topliss-reactive ketones (excluding diaryl/α,β-unsaturated/α-hetero) is 1. The van der Waals surface area contributed by atoms with Gasteiger partial charge in [-0.05, 0) is 39.0 Å². The van der Waals surface area contributed by atoms with E-state index in [0.29, 0.717) is 6.42 Å². The van der Waals surface area contributed by atoms with E-state index in [4.69, 9.17) is 0 Å². The summed E-state index contributed by atoms with van der Waals surface area (Å²) < 4.78 is 4.56. The van der Waals surface area contributed by atoms with Crippen LogP contribution in [0.5, 0.6) is 0 Å². The molecule has 0 bridgehead atoms. The normalized spacial score (nSPS) is 11.0. The van der Waals surface area contributed by atoms with E-state index in [2.05, 4.69) is 30.7 Å². The Hall–Kier alpha value is -1.12. The van der Waals surface area contributed by atoms with Gasteiger partial charge in [0.25, 0.3) is 0 Å². The molecule has 0 aromatic heterocycles. The highest BCUT2D eigenvalue weighted by molar-refractivity contribution is 6.33. The topological polar surface area (TPSA) is 43.4 Å². The molecule has 0 aliphatic heterocycles. The summed E-state index contributed by atoms with van der Waals surface area (Å²) >= 11 is 0. The summed E-state index contributed by atoms with van der Waals surface area (Å²) in [6.45, 7) is 5.65. The zero-order valence-corrected chi connectivity index (χ0v) is 15.0. The molecule has 0 fully saturated rings. The number of hydrogen-bond acceptors (Lipinski definition) is 3. The molecule has 0 aliphatic rings. The van der Waals surface area contributed by atoms with Crippen LogP contribution < -0.4 is 0 Å². The van der Waals surface area contributed by atoms with Crippen molar-refractivity contribution in [2.45, 2.75) is 90.4 Å². The van der Waals surface area contributed by atoms with Crippen LogP contribution in [0.2, 0.25) is 0 Å². The second-order valence-electron chi connectivity index (χ2n) is 6.04. The third kappa shape index (κ3) is 15.5. The maximum absolute atomic E-state index is 11.3. The van der Waals surface area contributed by atoms with E-state index in [1.54, 1.807) is 0 Å². The number of allylic oxidation sites excluding steroid dienone is 2. The predicted octanol–water partition coefficient (Wildman–Crippen LogP) is 5.58. The smallest absolute Gasteiger partial charge is 0.374 e. The molecule has 1 radical (unpaired) electrons. The minimum atomic E-state index is -0.738. The predicted molar refractivity (Wildman–Crippen MR) is 96.2 cm³/mol. The molecule has 3 heteroatoms. The number of unbranched alkanes of at least 4 members (excludes halogenated alkanes) is 10. The summed E-state index contributed by atoms with van der Waals surface area (Å²) in [6.07, 6.45) is 19.4. The SMILES string of the molecule is [CH2]COC(=O)C(=O)CCCCCC/C=C\CCCCCCCC. The van der Waals surface area contributed by atoms with Crippen LogP contribution in [0.3, 0.4) is 0 Å². The summed E-state index contributed by atoms with van der Waals surface area (Å²) in [6, 6.07) is 0. The largest absolute Gasteiger partial charge is 0.460 e. The monoisotopic (exact) mass is 323 g/mol. The summed E-state index contributed by atoms with van der Waals surface area (Å²) in [7, 11) is 0. The van der Waals surface area contributed by atoms with Crippen LogP contribution in [-0.4, -0.2) is 18.4 Å². The Bertz CT molecular complexity index is 321. The molecule has 0 aromatic carbocycles. The van der Waals surface area contributed by atoms with Gasteiger partial charge >= 0.3 is 5.97 Å². The Morgan fingerprint density at radius 3 is 1.91 bits per heavy atom. The van der Waals surface area contributed by atoms with Gasteiger partial charge in [-0.15, -0.1) is 0 Å². The third-order valence-corrected chi connectivity index (χ3v) is 3.88. The lowest BCUT2D eigenvalue weighted by Crippen LogP contribution is -2.16. The van der Waals surface area contributed by atoms with Gasteiger partial charge in [0.15, 0.2) is 0 Å². The number of carbonyl (C=O) groups is 2. The highest BCUT2D eigenvalue weighted by Crippen LogP contribution is 2.09. The summed E-state index contributed by atoms with van der Waals surface area (Å²) in [5, 5.41) is 0. The molecule has 0 aromatic rings. The van der Waals surface area contributed by atoms with Gasteiger partial charge in [-0.25, -0.2) is 4.79 Å². The number of ether oxygens (including phenoxy) is 1. The van der Waals surface area contributed by atoms with Gasteiger partial charge in [0.1, 0.15) is 0 Å². The Kier molecular flexibility index (Phi) is 16.4. The molecule has 0 atom stereocenters.